The Labute approximate surface area is 155 Å². The van der Waals surface area contributed by atoms with Crippen molar-refractivity contribution in [3.63, 3.8) is 0 Å². The first-order chi connectivity index (χ1) is 13.2. The molecule has 3 aromatic rings. The Balaban J connectivity index is 1.65. The summed E-state index contributed by atoms with van der Waals surface area (Å²) < 4.78 is 63.7. The van der Waals surface area contributed by atoms with Crippen molar-refractivity contribution < 1.29 is 36.2 Å². The molecule has 1 atom stereocenters. The second-order valence-corrected chi connectivity index (χ2v) is 5.57. The molecular weight excluding hydrogens is 384 g/mol. The lowest BCUT2D eigenvalue weighted by Crippen LogP contribution is -2.17. The second-order valence-electron chi connectivity index (χ2n) is 5.57. The predicted octanol–water partition coefficient (Wildman–Crippen LogP) is 4.69. The largest absolute Gasteiger partial charge is 0.573 e. The SMILES string of the molecule is C[C@H](OC(=O)c1ccc(OC(F)(F)F)cc1)c1nnc(-c2ccc(F)cc2)o1. The third-order valence-electron chi connectivity index (χ3n) is 3.49. The van der Waals surface area contributed by atoms with Crippen LogP contribution in [0.1, 0.15) is 29.3 Å². The maximum atomic E-state index is 13.0. The lowest BCUT2D eigenvalue weighted by molar-refractivity contribution is -0.274. The van der Waals surface area contributed by atoms with Gasteiger partial charge in [-0.15, -0.1) is 23.4 Å². The van der Waals surface area contributed by atoms with Crippen LogP contribution in [0.4, 0.5) is 17.6 Å². The zero-order valence-electron chi connectivity index (χ0n) is 14.2. The third kappa shape index (κ3) is 4.84. The van der Waals surface area contributed by atoms with Crippen LogP contribution < -0.4 is 4.74 Å². The Bertz CT molecular complexity index is 953. The quantitative estimate of drug-likeness (QED) is 0.460. The van der Waals surface area contributed by atoms with Gasteiger partial charge in [0.05, 0.1) is 5.56 Å². The van der Waals surface area contributed by atoms with Crippen LogP contribution in [-0.4, -0.2) is 22.5 Å². The van der Waals surface area contributed by atoms with Crippen molar-refractivity contribution in [2.75, 3.05) is 0 Å². The molecule has 0 radical (unpaired) electrons. The summed E-state index contributed by atoms with van der Waals surface area (Å²) in [5.41, 5.74) is 0.499. The van der Waals surface area contributed by atoms with Crippen LogP contribution in [0.15, 0.2) is 52.9 Å². The molecule has 0 unspecified atom stereocenters. The van der Waals surface area contributed by atoms with Gasteiger partial charge in [0.15, 0.2) is 6.10 Å². The van der Waals surface area contributed by atoms with Gasteiger partial charge in [-0.1, -0.05) is 0 Å². The molecule has 0 aliphatic heterocycles. The van der Waals surface area contributed by atoms with E-state index in [9.17, 15) is 22.4 Å². The molecule has 0 bridgehead atoms. The molecule has 0 N–H and O–H groups in total. The number of aromatic nitrogens is 2. The van der Waals surface area contributed by atoms with E-state index in [1.165, 1.54) is 31.2 Å². The molecule has 1 heterocycles. The van der Waals surface area contributed by atoms with E-state index < -0.39 is 30.0 Å². The average molecular weight is 396 g/mol. The van der Waals surface area contributed by atoms with Crippen LogP contribution in [-0.2, 0) is 4.74 Å². The van der Waals surface area contributed by atoms with Crippen LogP contribution >= 0.6 is 0 Å². The van der Waals surface area contributed by atoms with Gasteiger partial charge in [0.1, 0.15) is 11.6 Å². The predicted molar refractivity (Wildman–Crippen MR) is 86.6 cm³/mol. The molecule has 146 valence electrons. The molecule has 0 amide bonds. The Hall–Kier alpha value is -3.43. The lowest BCUT2D eigenvalue weighted by Gasteiger charge is -2.11. The van der Waals surface area contributed by atoms with Crippen molar-refractivity contribution in [3.05, 3.63) is 65.8 Å². The number of carbonyl (C=O) groups is 1. The molecule has 0 spiro atoms. The van der Waals surface area contributed by atoms with E-state index in [2.05, 4.69) is 14.9 Å². The standard InChI is InChI=1S/C18H12F4N2O4/c1-10(15-23-24-16(27-15)11-2-6-13(19)7-3-11)26-17(25)12-4-8-14(9-5-12)28-18(20,21)22/h2-10H,1H3/t10-/m0/s1. The minimum Gasteiger partial charge on any atom is -0.449 e. The summed E-state index contributed by atoms with van der Waals surface area (Å²) in [5, 5.41) is 7.59. The molecule has 0 saturated heterocycles. The number of hydrogen-bond acceptors (Lipinski definition) is 6. The summed E-state index contributed by atoms with van der Waals surface area (Å²) in [6, 6.07) is 9.62. The van der Waals surface area contributed by atoms with Crippen molar-refractivity contribution in [2.45, 2.75) is 19.4 Å². The fraction of sp³-hybridized carbons (Fsp3) is 0.167. The van der Waals surface area contributed by atoms with Gasteiger partial charge >= 0.3 is 12.3 Å². The number of esters is 1. The van der Waals surface area contributed by atoms with E-state index in [1.807, 2.05) is 0 Å². The van der Waals surface area contributed by atoms with Crippen molar-refractivity contribution in [2.24, 2.45) is 0 Å². The summed E-state index contributed by atoms with van der Waals surface area (Å²) in [4.78, 5) is 12.1. The number of alkyl halides is 3. The van der Waals surface area contributed by atoms with Crippen molar-refractivity contribution >= 4 is 5.97 Å². The summed E-state index contributed by atoms with van der Waals surface area (Å²) in [7, 11) is 0. The van der Waals surface area contributed by atoms with Crippen molar-refractivity contribution in [1.29, 1.82) is 0 Å². The first-order valence-electron chi connectivity index (χ1n) is 7.87. The molecule has 3 rings (SSSR count). The summed E-state index contributed by atoms with van der Waals surface area (Å²) >= 11 is 0. The molecule has 28 heavy (non-hydrogen) atoms. The molecule has 0 aliphatic rings. The van der Waals surface area contributed by atoms with Crippen LogP contribution in [0, 0.1) is 5.82 Å². The Kier molecular flexibility index (Phi) is 5.30. The monoisotopic (exact) mass is 396 g/mol. The highest BCUT2D eigenvalue weighted by atomic mass is 19.4. The fourth-order valence-electron chi connectivity index (χ4n) is 2.18. The molecule has 0 fully saturated rings. The van der Waals surface area contributed by atoms with Gasteiger partial charge in [0.25, 0.3) is 5.89 Å². The van der Waals surface area contributed by atoms with Gasteiger partial charge in [-0.05, 0) is 55.5 Å². The zero-order valence-corrected chi connectivity index (χ0v) is 14.2. The summed E-state index contributed by atoms with van der Waals surface area (Å²) in [6.45, 7) is 1.49. The van der Waals surface area contributed by atoms with Gasteiger partial charge in [-0.25, -0.2) is 9.18 Å². The number of hydrogen-bond donors (Lipinski definition) is 0. The molecule has 1 aromatic heterocycles. The maximum absolute atomic E-state index is 13.0. The van der Waals surface area contributed by atoms with Crippen LogP contribution in [0.25, 0.3) is 11.5 Å². The molecule has 6 nitrogen and oxygen atoms in total. The highest BCUT2D eigenvalue weighted by molar-refractivity contribution is 5.89. The number of carbonyl (C=O) groups excluding carboxylic acids is 1. The van der Waals surface area contributed by atoms with Crippen LogP contribution in [0.5, 0.6) is 5.75 Å². The summed E-state index contributed by atoms with van der Waals surface area (Å²) in [6.07, 6.45) is -5.74. The number of nitrogens with zero attached hydrogens (tertiary/aromatic N) is 2. The van der Waals surface area contributed by atoms with Gasteiger partial charge in [-0.2, -0.15) is 0 Å². The van der Waals surface area contributed by atoms with Crippen molar-refractivity contribution in [3.8, 4) is 17.2 Å². The van der Waals surface area contributed by atoms with Gasteiger partial charge in [-0.3, -0.25) is 0 Å². The number of rotatable bonds is 5. The Morgan fingerprint density at radius 3 is 2.29 bits per heavy atom. The van der Waals surface area contributed by atoms with E-state index in [0.717, 1.165) is 24.3 Å². The molecule has 0 aliphatic carbocycles. The van der Waals surface area contributed by atoms with E-state index in [-0.39, 0.29) is 17.3 Å². The van der Waals surface area contributed by atoms with Crippen LogP contribution in [0.3, 0.4) is 0 Å². The van der Waals surface area contributed by atoms with Crippen molar-refractivity contribution in [1.82, 2.24) is 10.2 Å². The minimum atomic E-state index is -4.82. The maximum Gasteiger partial charge on any atom is 0.573 e. The number of halogens is 4. The topological polar surface area (TPSA) is 74.5 Å². The first-order valence-corrected chi connectivity index (χ1v) is 7.87. The van der Waals surface area contributed by atoms with E-state index >= 15 is 0 Å². The third-order valence-corrected chi connectivity index (χ3v) is 3.49. The van der Waals surface area contributed by atoms with E-state index in [1.54, 1.807) is 0 Å². The highest BCUT2D eigenvalue weighted by Crippen LogP contribution is 2.25. The molecule has 2 aromatic carbocycles. The highest BCUT2D eigenvalue weighted by Gasteiger charge is 2.31. The van der Waals surface area contributed by atoms with Gasteiger partial charge in [0.2, 0.25) is 5.89 Å². The average Bonchev–Trinajstić information content (AvgIpc) is 3.12. The Morgan fingerprint density at radius 2 is 1.68 bits per heavy atom. The number of benzene rings is 2. The van der Waals surface area contributed by atoms with E-state index in [0.29, 0.717) is 5.56 Å². The lowest BCUT2D eigenvalue weighted by atomic mass is 10.2. The smallest absolute Gasteiger partial charge is 0.449 e. The normalized spacial score (nSPS) is 12.5. The first kappa shape index (κ1) is 19.3. The molecule has 0 saturated carbocycles. The molecular formula is C18H12F4N2O4. The Morgan fingerprint density at radius 1 is 1.04 bits per heavy atom. The zero-order chi connectivity index (χ0) is 20.3. The summed E-state index contributed by atoms with van der Waals surface area (Å²) in [5.74, 6) is -1.56. The van der Waals surface area contributed by atoms with E-state index in [4.69, 9.17) is 9.15 Å². The van der Waals surface area contributed by atoms with Gasteiger partial charge < -0.3 is 13.9 Å². The second kappa shape index (κ2) is 7.67. The van der Waals surface area contributed by atoms with Crippen LogP contribution in [0.2, 0.25) is 0 Å². The molecule has 10 heteroatoms. The van der Waals surface area contributed by atoms with Gasteiger partial charge in [0, 0.05) is 5.56 Å². The number of ether oxygens (including phenoxy) is 2. The minimum absolute atomic E-state index is 0.00435. The fourth-order valence-corrected chi connectivity index (χ4v) is 2.18.